The summed E-state index contributed by atoms with van der Waals surface area (Å²) in [6, 6.07) is 18.9. The molecule has 7 heteroatoms. The van der Waals surface area contributed by atoms with E-state index in [1.807, 2.05) is 25.3 Å². The van der Waals surface area contributed by atoms with Gasteiger partial charge in [-0.2, -0.15) is 5.10 Å². The first-order valence-corrected chi connectivity index (χ1v) is 10.2. The number of para-hydroxylation sites is 1. The van der Waals surface area contributed by atoms with Gasteiger partial charge in [-0.05, 0) is 43.2 Å². The first-order chi connectivity index (χ1) is 15.0. The van der Waals surface area contributed by atoms with Gasteiger partial charge in [0.15, 0.2) is 11.6 Å². The topological polar surface area (TPSA) is 69.3 Å². The lowest BCUT2D eigenvalue weighted by Gasteiger charge is -2.09. The molecule has 0 unspecified atom stereocenters. The van der Waals surface area contributed by atoms with Crippen molar-refractivity contribution in [2.75, 3.05) is 5.32 Å². The van der Waals surface area contributed by atoms with E-state index in [9.17, 15) is 4.79 Å². The molecule has 158 valence electrons. The van der Waals surface area contributed by atoms with E-state index >= 15 is 0 Å². The minimum atomic E-state index is -0.374. The Morgan fingerprint density at radius 2 is 1.90 bits per heavy atom. The second kappa shape index (κ2) is 9.10. The number of nitrogens with one attached hydrogen (secondary N) is 1. The minimum absolute atomic E-state index is 0.170. The van der Waals surface area contributed by atoms with Crippen LogP contribution in [0.15, 0.2) is 71.3 Å². The molecule has 4 rings (SSSR count). The van der Waals surface area contributed by atoms with Gasteiger partial charge in [-0.1, -0.05) is 53.6 Å². The molecular weight excluding hydrogens is 414 g/mol. The quantitative estimate of drug-likeness (QED) is 0.408. The van der Waals surface area contributed by atoms with Crippen molar-refractivity contribution in [1.29, 1.82) is 0 Å². The summed E-state index contributed by atoms with van der Waals surface area (Å²) in [6.45, 7) is 4.76. The monoisotopic (exact) mass is 435 g/mol. The Labute approximate surface area is 185 Å². The highest BCUT2D eigenvalue weighted by Crippen LogP contribution is 2.28. The largest absolute Gasteiger partial charge is 0.484 e. The Balaban J connectivity index is 1.35. The summed E-state index contributed by atoms with van der Waals surface area (Å²) in [4.78, 5) is 12.5. The SMILES string of the molecule is Cc1ccc(Cn2ccc(NC(=O)c3ccc(COc4c(C)cccc4Cl)o3)n2)cc1. The van der Waals surface area contributed by atoms with Crippen molar-refractivity contribution < 1.29 is 13.9 Å². The molecule has 0 aliphatic rings. The molecule has 0 fully saturated rings. The molecule has 0 atom stereocenters. The second-order valence-electron chi connectivity index (χ2n) is 7.28. The van der Waals surface area contributed by atoms with Gasteiger partial charge in [0, 0.05) is 12.3 Å². The highest BCUT2D eigenvalue weighted by molar-refractivity contribution is 6.32. The van der Waals surface area contributed by atoms with E-state index in [0.717, 1.165) is 11.1 Å². The van der Waals surface area contributed by atoms with Crippen molar-refractivity contribution in [3.8, 4) is 5.75 Å². The molecule has 6 nitrogen and oxygen atoms in total. The van der Waals surface area contributed by atoms with Crippen molar-refractivity contribution in [3.05, 3.63) is 100 Å². The normalized spacial score (nSPS) is 10.8. The number of nitrogens with zero attached hydrogens (tertiary/aromatic N) is 2. The summed E-state index contributed by atoms with van der Waals surface area (Å²) in [5.41, 5.74) is 3.27. The fourth-order valence-electron chi connectivity index (χ4n) is 3.10. The minimum Gasteiger partial charge on any atom is -0.484 e. The van der Waals surface area contributed by atoms with Gasteiger partial charge in [-0.3, -0.25) is 9.48 Å². The van der Waals surface area contributed by atoms with Crippen molar-refractivity contribution in [2.24, 2.45) is 0 Å². The van der Waals surface area contributed by atoms with Gasteiger partial charge in [0.1, 0.15) is 18.1 Å². The van der Waals surface area contributed by atoms with E-state index in [1.54, 1.807) is 28.9 Å². The maximum absolute atomic E-state index is 12.5. The zero-order valence-corrected chi connectivity index (χ0v) is 18.0. The standard InChI is InChI=1S/C24H22ClN3O3/c1-16-6-8-18(9-7-16)14-28-13-12-22(27-28)26-24(29)21-11-10-19(31-21)15-30-23-17(2)4-3-5-20(23)25/h3-13H,14-15H2,1-2H3,(H,26,27,29). The number of hydrogen-bond acceptors (Lipinski definition) is 4. The van der Waals surface area contributed by atoms with Gasteiger partial charge >= 0.3 is 0 Å². The van der Waals surface area contributed by atoms with E-state index in [2.05, 4.69) is 41.6 Å². The maximum atomic E-state index is 12.5. The van der Waals surface area contributed by atoms with Gasteiger partial charge in [0.05, 0.1) is 11.6 Å². The maximum Gasteiger partial charge on any atom is 0.292 e. The number of aryl methyl sites for hydroxylation is 2. The number of carbonyl (C=O) groups excluding carboxylic acids is 1. The summed E-state index contributed by atoms with van der Waals surface area (Å²) in [7, 11) is 0. The van der Waals surface area contributed by atoms with Gasteiger partial charge in [-0.25, -0.2) is 0 Å². The van der Waals surface area contributed by atoms with Crippen LogP contribution in [-0.2, 0) is 13.2 Å². The van der Waals surface area contributed by atoms with Crippen molar-refractivity contribution in [2.45, 2.75) is 27.0 Å². The number of benzene rings is 2. The van der Waals surface area contributed by atoms with E-state index in [-0.39, 0.29) is 18.3 Å². The average Bonchev–Trinajstić information content (AvgIpc) is 3.39. The molecule has 0 saturated heterocycles. The van der Waals surface area contributed by atoms with Gasteiger partial charge in [0.25, 0.3) is 5.91 Å². The molecule has 0 bridgehead atoms. The Hall–Kier alpha value is -3.51. The van der Waals surface area contributed by atoms with Crippen LogP contribution < -0.4 is 10.1 Å². The third kappa shape index (κ3) is 5.16. The highest BCUT2D eigenvalue weighted by atomic mass is 35.5. The summed E-state index contributed by atoms with van der Waals surface area (Å²) in [5.74, 6) is 1.39. The number of ether oxygens (including phenoxy) is 1. The third-order valence-electron chi connectivity index (χ3n) is 4.76. The Morgan fingerprint density at radius 1 is 1.10 bits per heavy atom. The van der Waals surface area contributed by atoms with Crippen molar-refractivity contribution in [1.82, 2.24) is 9.78 Å². The number of carbonyl (C=O) groups is 1. The van der Waals surface area contributed by atoms with Crippen LogP contribution >= 0.6 is 11.6 Å². The lowest BCUT2D eigenvalue weighted by molar-refractivity contribution is 0.0992. The first kappa shape index (κ1) is 20.8. The van der Waals surface area contributed by atoms with Gasteiger partial charge < -0.3 is 14.5 Å². The molecule has 4 aromatic rings. The zero-order chi connectivity index (χ0) is 21.8. The van der Waals surface area contributed by atoms with E-state index in [1.165, 1.54) is 5.56 Å². The molecule has 0 aliphatic heterocycles. The number of anilines is 1. The average molecular weight is 436 g/mol. The molecule has 0 aliphatic carbocycles. The number of rotatable bonds is 7. The Bertz CT molecular complexity index is 1170. The van der Waals surface area contributed by atoms with Crippen LogP contribution in [0.2, 0.25) is 5.02 Å². The number of hydrogen-bond donors (Lipinski definition) is 1. The van der Waals surface area contributed by atoms with Crippen LogP contribution in [0.25, 0.3) is 0 Å². The predicted octanol–water partition coefficient (Wildman–Crippen LogP) is 5.63. The van der Waals surface area contributed by atoms with Crippen molar-refractivity contribution >= 4 is 23.3 Å². The van der Waals surface area contributed by atoms with Gasteiger partial charge in [0.2, 0.25) is 0 Å². The highest BCUT2D eigenvalue weighted by Gasteiger charge is 2.14. The van der Waals surface area contributed by atoms with Gasteiger partial charge in [-0.15, -0.1) is 0 Å². The summed E-state index contributed by atoms with van der Waals surface area (Å²) < 4.78 is 13.1. The molecule has 2 aromatic heterocycles. The molecule has 0 spiro atoms. The summed E-state index contributed by atoms with van der Waals surface area (Å²) in [6.07, 6.45) is 1.82. The van der Waals surface area contributed by atoms with Crippen LogP contribution in [-0.4, -0.2) is 15.7 Å². The third-order valence-corrected chi connectivity index (χ3v) is 5.05. The van der Waals surface area contributed by atoms with Crippen LogP contribution in [0.5, 0.6) is 5.75 Å². The predicted molar refractivity (Wildman–Crippen MR) is 120 cm³/mol. The number of amides is 1. The molecule has 31 heavy (non-hydrogen) atoms. The molecule has 2 aromatic carbocycles. The van der Waals surface area contributed by atoms with Crippen molar-refractivity contribution in [3.63, 3.8) is 0 Å². The lowest BCUT2D eigenvalue weighted by atomic mass is 10.1. The molecule has 0 saturated carbocycles. The Kier molecular flexibility index (Phi) is 6.09. The molecule has 2 heterocycles. The first-order valence-electron chi connectivity index (χ1n) is 9.85. The zero-order valence-electron chi connectivity index (χ0n) is 17.3. The number of aromatic nitrogens is 2. The molecular formula is C24H22ClN3O3. The molecule has 1 amide bonds. The van der Waals surface area contributed by atoms with Crippen LogP contribution in [0, 0.1) is 13.8 Å². The molecule has 0 radical (unpaired) electrons. The van der Waals surface area contributed by atoms with Crippen LogP contribution in [0.1, 0.15) is 33.0 Å². The fraction of sp³-hybridized carbons (Fsp3) is 0.167. The van der Waals surface area contributed by atoms with Crippen LogP contribution in [0.3, 0.4) is 0 Å². The van der Waals surface area contributed by atoms with E-state index in [0.29, 0.717) is 28.9 Å². The summed E-state index contributed by atoms with van der Waals surface area (Å²) >= 11 is 6.17. The lowest BCUT2D eigenvalue weighted by Crippen LogP contribution is -2.12. The van der Waals surface area contributed by atoms with E-state index < -0.39 is 0 Å². The number of furan rings is 1. The van der Waals surface area contributed by atoms with Crippen LogP contribution in [0.4, 0.5) is 5.82 Å². The second-order valence-corrected chi connectivity index (χ2v) is 7.69. The Morgan fingerprint density at radius 3 is 2.68 bits per heavy atom. The smallest absolute Gasteiger partial charge is 0.292 e. The fourth-order valence-corrected chi connectivity index (χ4v) is 3.37. The number of halogens is 1. The molecule has 1 N–H and O–H groups in total. The summed E-state index contributed by atoms with van der Waals surface area (Å²) in [5, 5.41) is 7.68. The van der Waals surface area contributed by atoms with E-state index in [4.69, 9.17) is 20.8 Å².